The molecule has 29 heavy (non-hydrogen) atoms. The van der Waals surface area contributed by atoms with E-state index in [4.69, 9.17) is 21.7 Å². The van der Waals surface area contributed by atoms with E-state index in [-0.39, 0.29) is 10.7 Å². The van der Waals surface area contributed by atoms with Gasteiger partial charge < -0.3 is 9.47 Å². The summed E-state index contributed by atoms with van der Waals surface area (Å²) in [5, 5.41) is 2.65. The molecule has 0 radical (unpaired) electrons. The van der Waals surface area contributed by atoms with E-state index in [1.807, 2.05) is 24.3 Å². The highest BCUT2D eigenvalue weighted by Gasteiger charge is 2.34. The number of hydrogen-bond donors (Lipinski definition) is 1. The number of methoxy groups -OCH3 is 2. The number of rotatable bonds is 5. The lowest BCUT2D eigenvalue weighted by molar-refractivity contribution is -0.122. The van der Waals surface area contributed by atoms with Crippen LogP contribution in [0.15, 0.2) is 48.0 Å². The van der Waals surface area contributed by atoms with E-state index in [0.29, 0.717) is 28.7 Å². The van der Waals surface area contributed by atoms with E-state index in [0.717, 1.165) is 5.56 Å². The van der Waals surface area contributed by atoms with Gasteiger partial charge in [0.2, 0.25) is 0 Å². The Kier molecular flexibility index (Phi) is 5.98. The highest BCUT2D eigenvalue weighted by Crippen LogP contribution is 2.29. The largest absolute Gasteiger partial charge is 0.493 e. The summed E-state index contributed by atoms with van der Waals surface area (Å²) in [5.41, 5.74) is 2.36. The molecule has 2 aromatic rings. The third-order valence-electron chi connectivity index (χ3n) is 4.64. The highest BCUT2D eigenvalue weighted by atomic mass is 32.1. The average molecular weight is 410 g/mol. The van der Waals surface area contributed by atoms with Crippen molar-refractivity contribution in [3.8, 4) is 11.5 Å². The number of ether oxygens (including phenoxy) is 2. The molecule has 2 amide bonds. The molecule has 1 aliphatic heterocycles. The van der Waals surface area contributed by atoms with Crippen molar-refractivity contribution in [3.05, 3.63) is 59.2 Å². The molecule has 0 bridgehead atoms. The van der Waals surface area contributed by atoms with E-state index in [9.17, 15) is 9.59 Å². The van der Waals surface area contributed by atoms with Crippen LogP contribution in [-0.4, -0.2) is 31.1 Å². The van der Waals surface area contributed by atoms with E-state index < -0.39 is 11.8 Å². The number of carbonyl (C=O) groups excluding carboxylic acids is 2. The van der Waals surface area contributed by atoms with Crippen molar-refractivity contribution in [2.24, 2.45) is 0 Å². The van der Waals surface area contributed by atoms with Gasteiger partial charge >= 0.3 is 0 Å². The Balaban J connectivity index is 1.97. The molecule has 0 saturated carbocycles. The average Bonchev–Trinajstić information content (AvgIpc) is 2.71. The summed E-state index contributed by atoms with van der Waals surface area (Å²) < 4.78 is 10.5. The summed E-state index contributed by atoms with van der Waals surface area (Å²) >= 11 is 5.25. The molecule has 7 heteroatoms. The number of amides is 2. The van der Waals surface area contributed by atoms with Crippen molar-refractivity contribution in [2.75, 3.05) is 19.1 Å². The molecule has 0 unspecified atom stereocenters. The van der Waals surface area contributed by atoms with Gasteiger partial charge in [0.1, 0.15) is 5.57 Å². The van der Waals surface area contributed by atoms with Crippen LogP contribution >= 0.6 is 12.2 Å². The second-order valence-corrected chi connectivity index (χ2v) is 7.21. The minimum atomic E-state index is -0.537. The topological polar surface area (TPSA) is 67.9 Å². The van der Waals surface area contributed by atoms with Gasteiger partial charge in [-0.05, 0) is 59.6 Å². The smallest absolute Gasteiger partial charge is 0.270 e. The first-order chi connectivity index (χ1) is 13.8. The van der Waals surface area contributed by atoms with Gasteiger partial charge in [0.05, 0.1) is 19.9 Å². The zero-order valence-corrected chi connectivity index (χ0v) is 17.5. The predicted molar refractivity (Wildman–Crippen MR) is 116 cm³/mol. The molecule has 6 nitrogen and oxygen atoms in total. The maximum atomic E-state index is 13.1. The van der Waals surface area contributed by atoms with Gasteiger partial charge in [0.15, 0.2) is 16.6 Å². The molecule has 0 aliphatic carbocycles. The molecular formula is C22H22N2O4S. The SMILES string of the molecule is COc1ccc(/C=C2\C(=O)NC(=S)N(c3ccc(C(C)C)cc3)C2=O)cc1OC. The Hall–Kier alpha value is -3.19. The molecule has 0 atom stereocenters. The molecule has 1 aliphatic rings. The summed E-state index contributed by atoms with van der Waals surface area (Å²) in [6, 6.07) is 12.7. The minimum absolute atomic E-state index is 0.0150. The zero-order valence-electron chi connectivity index (χ0n) is 16.7. The normalized spacial score (nSPS) is 15.7. The molecule has 1 N–H and O–H groups in total. The van der Waals surface area contributed by atoms with Gasteiger partial charge in [0, 0.05) is 0 Å². The maximum absolute atomic E-state index is 13.1. The fourth-order valence-electron chi connectivity index (χ4n) is 3.01. The summed E-state index contributed by atoms with van der Waals surface area (Å²) in [4.78, 5) is 26.9. The first-order valence-corrected chi connectivity index (χ1v) is 9.50. The molecule has 1 fully saturated rings. The lowest BCUT2D eigenvalue weighted by Crippen LogP contribution is -2.54. The van der Waals surface area contributed by atoms with Crippen LogP contribution in [0.4, 0.5) is 5.69 Å². The van der Waals surface area contributed by atoms with E-state index in [1.165, 1.54) is 25.2 Å². The number of anilines is 1. The van der Waals surface area contributed by atoms with Crippen molar-refractivity contribution in [1.29, 1.82) is 0 Å². The maximum Gasteiger partial charge on any atom is 0.270 e. The first-order valence-electron chi connectivity index (χ1n) is 9.09. The van der Waals surface area contributed by atoms with Gasteiger partial charge in [-0.3, -0.25) is 19.8 Å². The summed E-state index contributed by atoms with van der Waals surface area (Å²) in [5.74, 6) is 0.410. The van der Waals surface area contributed by atoms with Crippen molar-refractivity contribution in [3.63, 3.8) is 0 Å². The van der Waals surface area contributed by atoms with Crippen molar-refractivity contribution >= 4 is 40.9 Å². The van der Waals surface area contributed by atoms with Crippen LogP contribution in [0.1, 0.15) is 30.9 Å². The second kappa shape index (κ2) is 8.45. The number of thiocarbonyl (C=S) groups is 1. The third-order valence-corrected chi connectivity index (χ3v) is 4.92. The monoisotopic (exact) mass is 410 g/mol. The van der Waals surface area contributed by atoms with Crippen molar-refractivity contribution in [2.45, 2.75) is 19.8 Å². The summed E-state index contributed by atoms with van der Waals surface area (Å²) in [6.45, 7) is 4.19. The van der Waals surface area contributed by atoms with Crippen molar-refractivity contribution in [1.82, 2.24) is 5.32 Å². The fourth-order valence-corrected chi connectivity index (χ4v) is 3.29. The predicted octanol–water partition coefficient (Wildman–Crippen LogP) is 3.66. The van der Waals surface area contributed by atoms with Gasteiger partial charge in [0.25, 0.3) is 11.8 Å². The van der Waals surface area contributed by atoms with Crippen LogP contribution in [0.3, 0.4) is 0 Å². The number of carbonyl (C=O) groups is 2. The Labute approximate surface area is 175 Å². The Bertz CT molecular complexity index is 996. The first kappa shape index (κ1) is 20.5. The van der Waals surface area contributed by atoms with Gasteiger partial charge in [-0.1, -0.05) is 32.0 Å². The second-order valence-electron chi connectivity index (χ2n) is 6.82. The van der Waals surface area contributed by atoms with Crippen LogP contribution in [-0.2, 0) is 9.59 Å². The minimum Gasteiger partial charge on any atom is -0.493 e. The van der Waals surface area contributed by atoms with Crippen LogP contribution in [0, 0.1) is 0 Å². The Morgan fingerprint density at radius 1 is 1.00 bits per heavy atom. The number of nitrogens with one attached hydrogen (secondary N) is 1. The summed E-state index contributed by atoms with van der Waals surface area (Å²) in [6.07, 6.45) is 1.51. The molecule has 2 aromatic carbocycles. The molecule has 0 aromatic heterocycles. The van der Waals surface area contributed by atoms with Gasteiger partial charge in [-0.25, -0.2) is 0 Å². The molecule has 150 valence electrons. The molecule has 0 spiro atoms. The van der Waals surface area contributed by atoms with Gasteiger partial charge in [-0.2, -0.15) is 0 Å². The van der Waals surface area contributed by atoms with Gasteiger partial charge in [-0.15, -0.1) is 0 Å². The van der Waals surface area contributed by atoms with E-state index in [1.54, 1.807) is 18.2 Å². The van der Waals surface area contributed by atoms with E-state index in [2.05, 4.69) is 19.2 Å². The third kappa shape index (κ3) is 4.14. The molecular weight excluding hydrogens is 388 g/mol. The van der Waals surface area contributed by atoms with E-state index >= 15 is 0 Å². The lowest BCUT2D eigenvalue weighted by Gasteiger charge is -2.29. The quantitative estimate of drug-likeness (QED) is 0.463. The van der Waals surface area contributed by atoms with Crippen LogP contribution in [0.25, 0.3) is 6.08 Å². The van der Waals surface area contributed by atoms with Crippen molar-refractivity contribution < 1.29 is 19.1 Å². The van der Waals surface area contributed by atoms with Crippen LogP contribution in [0.2, 0.25) is 0 Å². The zero-order chi connectivity index (χ0) is 21.1. The Morgan fingerprint density at radius 2 is 1.66 bits per heavy atom. The number of nitrogens with zero attached hydrogens (tertiary/aromatic N) is 1. The van der Waals surface area contributed by atoms with Crippen LogP contribution in [0.5, 0.6) is 11.5 Å². The molecule has 1 saturated heterocycles. The number of hydrogen-bond acceptors (Lipinski definition) is 5. The Morgan fingerprint density at radius 3 is 2.24 bits per heavy atom. The highest BCUT2D eigenvalue weighted by molar-refractivity contribution is 7.80. The molecule has 1 heterocycles. The molecule has 3 rings (SSSR count). The standard InChI is InChI=1S/C22H22N2O4S/c1-13(2)15-6-8-16(9-7-15)24-21(26)17(20(25)23-22(24)29)11-14-5-10-18(27-3)19(12-14)28-4/h5-13H,1-4H3,(H,23,25,29)/b17-11+. The summed E-state index contributed by atoms with van der Waals surface area (Å²) in [7, 11) is 3.06. The fraction of sp³-hybridized carbons (Fsp3) is 0.227. The lowest BCUT2D eigenvalue weighted by atomic mass is 10.0. The number of benzene rings is 2. The van der Waals surface area contributed by atoms with Crippen LogP contribution < -0.4 is 19.7 Å².